The Morgan fingerprint density at radius 1 is 0.591 bits per heavy atom. The zero-order valence-electron chi connectivity index (χ0n) is 24.1. The fourth-order valence-electron chi connectivity index (χ4n) is 5.98. The minimum atomic E-state index is 0.571. The van der Waals surface area contributed by atoms with Gasteiger partial charge in [0, 0.05) is 51.7 Å². The maximum atomic E-state index is 6.19. The van der Waals surface area contributed by atoms with Gasteiger partial charge < -0.3 is 9.64 Å². The number of nitrogens with zero attached hydrogens (tertiary/aromatic N) is 4. The number of fused-ring (bicyclic) bond motifs is 6. The van der Waals surface area contributed by atoms with Crippen LogP contribution in [0.2, 0.25) is 0 Å². The minimum Gasteiger partial charge on any atom is -0.439 e. The second-order valence-electron chi connectivity index (χ2n) is 10.9. The molecule has 0 radical (unpaired) electrons. The maximum Gasteiger partial charge on any atom is 0.219 e. The Morgan fingerprint density at radius 2 is 1.34 bits per heavy atom. The average Bonchev–Trinajstić information content (AvgIpc) is 3.52. The quantitative estimate of drug-likeness (QED) is 0.187. The Morgan fingerprint density at radius 3 is 2.18 bits per heavy atom. The lowest BCUT2D eigenvalue weighted by Gasteiger charge is -2.26. The molecule has 8 rings (SSSR count). The van der Waals surface area contributed by atoms with E-state index in [0.717, 1.165) is 61.6 Å². The first-order valence-corrected chi connectivity index (χ1v) is 14.7. The van der Waals surface area contributed by atoms with Crippen LogP contribution in [0.5, 0.6) is 11.6 Å². The summed E-state index contributed by atoms with van der Waals surface area (Å²) < 4.78 is 8.48. The normalized spacial score (nSPS) is 11.3. The first-order valence-electron chi connectivity index (χ1n) is 14.7. The van der Waals surface area contributed by atoms with E-state index in [1.165, 1.54) is 5.39 Å². The van der Waals surface area contributed by atoms with Crippen molar-refractivity contribution in [3.05, 3.63) is 157 Å². The van der Waals surface area contributed by atoms with Crippen LogP contribution in [0.15, 0.2) is 152 Å². The summed E-state index contributed by atoms with van der Waals surface area (Å²) in [6, 6.07) is 48.1. The van der Waals surface area contributed by atoms with Crippen LogP contribution in [0.1, 0.15) is 5.56 Å². The van der Waals surface area contributed by atoms with Crippen LogP contribution in [0, 0.1) is 6.92 Å². The molecule has 0 unspecified atom stereocenters. The highest BCUT2D eigenvalue weighted by atomic mass is 16.5. The van der Waals surface area contributed by atoms with Gasteiger partial charge in [0.05, 0.1) is 17.4 Å². The Hall–Kier alpha value is -5.94. The number of ether oxygens (including phenoxy) is 1. The summed E-state index contributed by atoms with van der Waals surface area (Å²) in [6.45, 7) is 2.03. The Bertz CT molecular complexity index is 2280. The third-order valence-electron chi connectivity index (χ3n) is 7.97. The number of hydrogen-bond donors (Lipinski definition) is 0. The lowest BCUT2D eigenvalue weighted by atomic mass is 10.0. The van der Waals surface area contributed by atoms with E-state index in [-0.39, 0.29) is 0 Å². The fraction of sp³-hybridized carbons (Fsp3) is 0.0256. The predicted octanol–water partition coefficient (Wildman–Crippen LogP) is 10.3. The van der Waals surface area contributed by atoms with Crippen molar-refractivity contribution in [2.75, 3.05) is 4.90 Å². The van der Waals surface area contributed by atoms with Crippen LogP contribution in [-0.4, -0.2) is 14.4 Å². The molecule has 3 aromatic heterocycles. The highest BCUT2D eigenvalue weighted by Crippen LogP contribution is 2.40. The summed E-state index contributed by atoms with van der Waals surface area (Å²) >= 11 is 0. The number of para-hydroxylation sites is 2. The van der Waals surface area contributed by atoms with Crippen molar-refractivity contribution in [2.24, 2.45) is 0 Å². The van der Waals surface area contributed by atoms with Gasteiger partial charge in [0.1, 0.15) is 11.4 Å². The Labute approximate surface area is 255 Å². The molecule has 0 saturated heterocycles. The molecule has 0 fully saturated rings. The molecule has 3 heterocycles. The topological polar surface area (TPSA) is 42.7 Å². The molecule has 5 aromatic carbocycles. The average molecular weight is 569 g/mol. The molecule has 5 heteroatoms. The smallest absolute Gasteiger partial charge is 0.219 e. The van der Waals surface area contributed by atoms with E-state index in [4.69, 9.17) is 9.72 Å². The fourth-order valence-corrected chi connectivity index (χ4v) is 5.98. The third-order valence-corrected chi connectivity index (χ3v) is 7.97. The van der Waals surface area contributed by atoms with Crippen LogP contribution in [0.4, 0.5) is 17.1 Å². The molecule has 5 nitrogen and oxygen atoms in total. The van der Waals surface area contributed by atoms with Crippen molar-refractivity contribution in [3.8, 4) is 22.9 Å². The Kier molecular flexibility index (Phi) is 6.27. The van der Waals surface area contributed by atoms with Crippen LogP contribution in [-0.2, 0) is 0 Å². The van der Waals surface area contributed by atoms with Gasteiger partial charge in [-0.1, -0.05) is 78.9 Å². The summed E-state index contributed by atoms with van der Waals surface area (Å²) in [4.78, 5) is 11.6. The van der Waals surface area contributed by atoms with Crippen molar-refractivity contribution in [1.82, 2.24) is 14.4 Å². The zero-order valence-corrected chi connectivity index (χ0v) is 24.1. The first-order chi connectivity index (χ1) is 21.7. The van der Waals surface area contributed by atoms with E-state index >= 15 is 0 Å². The van der Waals surface area contributed by atoms with E-state index in [1.807, 2.05) is 49.5 Å². The molecule has 0 bridgehead atoms. The van der Waals surface area contributed by atoms with Gasteiger partial charge in [0.15, 0.2) is 0 Å². The molecule has 0 N–H and O–H groups in total. The molecule has 0 atom stereocenters. The van der Waals surface area contributed by atoms with E-state index in [0.29, 0.717) is 5.88 Å². The largest absolute Gasteiger partial charge is 0.439 e. The standard InChI is InChI=1S/C39H28N4O/c1-27-21-22-40-38(23-27)44-32-16-10-15-30(24-32)42(29-13-6-3-7-14-29)31-19-20-33-34-17-8-9-18-36(34)43-37(28-11-4-2-5-12-28)26-41-39(43)35(33)25-31/h2-26H,1H3. The van der Waals surface area contributed by atoms with Crippen molar-refractivity contribution < 1.29 is 4.74 Å². The van der Waals surface area contributed by atoms with Gasteiger partial charge in [-0.05, 0) is 66.4 Å². The van der Waals surface area contributed by atoms with E-state index in [1.54, 1.807) is 6.20 Å². The Balaban J connectivity index is 1.33. The number of anilines is 3. The van der Waals surface area contributed by atoms with Crippen molar-refractivity contribution in [3.63, 3.8) is 0 Å². The molecule has 0 aliphatic heterocycles. The molecular weight excluding hydrogens is 540 g/mol. The van der Waals surface area contributed by atoms with E-state index < -0.39 is 0 Å². The molecule has 0 aliphatic rings. The van der Waals surface area contributed by atoms with Crippen LogP contribution in [0.25, 0.3) is 38.6 Å². The van der Waals surface area contributed by atoms with E-state index in [9.17, 15) is 0 Å². The summed E-state index contributed by atoms with van der Waals surface area (Å²) in [6.07, 6.45) is 3.75. The predicted molar refractivity (Wildman–Crippen MR) is 179 cm³/mol. The number of benzene rings is 5. The number of aryl methyl sites for hydroxylation is 1. The highest BCUT2D eigenvalue weighted by Gasteiger charge is 2.18. The summed E-state index contributed by atoms with van der Waals surface area (Å²) in [5, 5.41) is 3.43. The SMILES string of the molecule is Cc1ccnc(Oc2cccc(N(c3ccccc3)c3ccc4c5ccccc5n5c(-c6ccccc6)cnc5c4c3)c2)c1. The van der Waals surface area contributed by atoms with Crippen LogP contribution in [0.3, 0.4) is 0 Å². The zero-order chi connectivity index (χ0) is 29.5. The second-order valence-corrected chi connectivity index (χ2v) is 10.9. The van der Waals surface area contributed by atoms with Crippen LogP contribution < -0.4 is 9.64 Å². The van der Waals surface area contributed by atoms with Gasteiger partial charge in [-0.15, -0.1) is 0 Å². The maximum absolute atomic E-state index is 6.19. The monoisotopic (exact) mass is 568 g/mol. The number of aromatic nitrogens is 3. The lowest BCUT2D eigenvalue weighted by Crippen LogP contribution is -2.10. The molecular formula is C39H28N4O. The van der Waals surface area contributed by atoms with Gasteiger partial charge in [-0.25, -0.2) is 9.97 Å². The molecule has 44 heavy (non-hydrogen) atoms. The highest BCUT2D eigenvalue weighted by molar-refractivity contribution is 6.13. The van der Waals surface area contributed by atoms with Gasteiger partial charge in [0.25, 0.3) is 0 Å². The molecule has 0 saturated carbocycles. The van der Waals surface area contributed by atoms with Crippen LogP contribution >= 0.6 is 0 Å². The second kappa shape index (κ2) is 10.7. The molecule has 8 aromatic rings. The molecule has 0 spiro atoms. The van der Waals surface area contributed by atoms with Gasteiger partial charge >= 0.3 is 0 Å². The van der Waals surface area contributed by atoms with Gasteiger partial charge in [-0.2, -0.15) is 0 Å². The molecule has 210 valence electrons. The van der Waals surface area contributed by atoms with Gasteiger partial charge in [0.2, 0.25) is 5.88 Å². The van der Waals surface area contributed by atoms with Crippen molar-refractivity contribution in [1.29, 1.82) is 0 Å². The number of rotatable bonds is 6. The van der Waals surface area contributed by atoms with Gasteiger partial charge in [-0.3, -0.25) is 4.40 Å². The summed E-state index contributed by atoms with van der Waals surface area (Å²) in [5.74, 6) is 1.29. The van der Waals surface area contributed by atoms with Crippen molar-refractivity contribution >= 4 is 44.4 Å². The number of hydrogen-bond acceptors (Lipinski definition) is 4. The summed E-state index contributed by atoms with van der Waals surface area (Å²) in [7, 11) is 0. The minimum absolute atomic E-state index is 0.571. The third kappa shape index (κ3) is 4.52. The number of pyridine rings is 2. The number of imidazole rings is 1. The molecule has 0 aliphatic carbocycles. The lowest BCUT2D eigenvalue weighted by molar-refractivity contribution is 0.462. The van der Waals surface area contributed by atoms with Crippen molar-refractivity contribution in [2.45, 2.75) is 6.92 Å². The summed E-state index contributed by atoms with van der Waals surface area (Å²) in [5.41, 5.74) is 8.40. The van der Waals surface area contributed by atoms with E-state index in [2.05, 4.69) is 117 Å². The molecule has 0 amide bonds. The first kappa shape index (κ1) is 25.7.